The van der Waals surface area contributed by atoms with Crippen molar-refractivity contribution in [2.45, 2.75) is 19.3 Å². The van der Waals surface area contributed by atoms with Gasteiger partial charge in [-0.1, -0.05) is 23.2 Å². The molecule has 0 unspecified atom stereocenters. The second kappa shape index (κ2) is 3.76. The van der Waals surface area contributed by atoms with Crippen molar-refractivity contribution in [3.05, 3.63) is 33.6 Å². The van der Waals surface area contributed by atoms with E-state index in [0.717, 1.165) is 0 Å². The van der Waals surface area contributed by atoms with Crippen LogP contribution in [0.4, 0.5) is 4.39 Å². The van der Waals surface area contributed by atoms with E-state index < -0.39 is 11.2 Å². The molecule has 0 N–H and O–H groups in total. The van der Waals surface area contributed by atoms with E-state index in [4.69, 9.17) is 28.5 Å². The molecule has 1 aromatic rings. The van der Waals surface area contributed by atoms with Gasteiger partial charge in [-0.15, -0.1) is 0 Å². The molecule has 1 nitrogen and oxygen atoms in total. The minimum absolute atomic E-state index is 0.0796. The standard InChI is InChI=1S/C10H8Cl2FN/c1-10(2,5-14)8-6(11)3-4-7(13)9(8)12/h3-4H,1-2H3. The summed E-state index contributed by atoms with van der Waals surface area (Å²) in [5, 5.41) is 9.13. The Morgan fingerprint density at radius 3 is 2.43 bits per heavy atom. The molecule has 0 saturated heterocycles. The van der Waals surface area contributed by atoms with Crippen molar-refractivity contribution < 1.29 is 4.39 Å². The maximum absolute atomic E-state index is 13.1. The van der Waals surface area contributed by atoms with Crippen LogP contribution in [0.3, 0.4) is 0 Å². The maximum atomic E-state index is 13.1. The highest BCUT2D eigenvalue weighted by atomic mass is 35.5. The summed E-state index contributed by atoms with van der Waals surface area (Å²) in [6.07, 6.45) is 0. The number of rotatable bonds is 1. The average Bonchev–Trinajstić information content (AvgIpc) is 2.12. The van der Waals surface area contributed by atoms with Crippen LogP contribution >= 0.6 is 23.2 Å². The molecule has 0 radical (unpaired) electrons. The van der Waals surface area contributed by atoms with Gasteiger partial charge >= 0.3 is 0 Å². The lowest BCUT2D eigenvalue weighted by atomic mass is 9.86. The molecule has 0 saturated carbocycles. The SMILES string of the molecule is CC(C)(C#N)c1c(Cl)ccc(F)c1Cl. The molecule has 0 aromatic heterocycles. The minimum atomic E-state index is -0.893. The number of hydrogen-bond donors (Lipinski definition) is 0. The fraction of sp³-hybridized carbons (Fsp3) is 0.300. The fourth-order valence-corrected chi connectivity index (χ4v) is 2.00. The molecule has 1 aromatic carbocycles. The third kappa shape index (κ3) is 1.84. The molecule has 0 fully saturated rings. The molecule has 1 rings (SSSR count). The van der Waals surface area contributed by atoms with E-state index in [-0.39, 0.29) is 5.02 Å². The van der Waals surface area contributed by atoms with Crippen LogP contribution in [0.5, 0.6) is 0 Å². The highest BCUT2D eigenvalue weighted by molar-refractivity contribution is 6.36. The highest BCUT2D eigenvalue weighted by Gasteiger charge is 2.27. The van der Waals surface area contributed by atoms with Crippen LogP contribution in [0.1, 0.15) is 19.4 Å². The minimum Gasteiger partial charge on any atom is -0.205 e. The Morgan fingerprint density at radius 1 is 1.36 bits per heavy atom. The summed E-state index contributed by atoms with van der Waals surface area (Å²) in [6, 6.07) is 4.61. The van der Waals surface area contributed by atoms with Gasteiger partial charge in [0.05, 0.1) is 16.5 Å². The van der Waals surface area contributed by atoms with E-state index in [1.807, 2.05) is 6.07 Å². The first-order valence-electron chi connectivity index (χ1n) is 3.95. The van der Waals surface area contributed by atoms with Gasteiger partial charge in [-0.05, 0) is 26.0 Å². The van der Waals surface area contributed by atoms with Gasteiger partial charge in [0, 0.05) is 10.6 Å². The molecule has 0 spiro atoms. The van der Waals surface area contributed by atoms with Crippen molar-refractivity contribution in [2.24, 2.45) is 0 Å². The van der Waals surface area contributed by atoms with E-state index in [2.05, 4.69) is 0 Å². The molecule has 4 heteroatoms. The summed E-state index contributed by atoms with van der Waals surface area (Å²) in [4.78, 5) is 0. The summed E-state index contributed by atoms with van der Waals surface area (Å²) in [7, 11) is 0. The molecule has 0 atom stereocenters. The van der Waals surface area contributed by atoms with Gasteiger partial charge < -0.3 is 0 Å². The largest absolute Gasteiger partial charge is 0.205 e. The summed E-state index contributed by atoms with van der Waals surface area (Å²) < 4.78 is 13.1. The zero-order valence-electron chi connectivity index (χ0n) is 7.74. The third-order valence-corrected chi connectivity index (χ3v) is 2.63. The van der Waals surface area contributed by atoms with E-state index in [1.165, 1.54) is 12.1 Å². The molecule has 74 valence electrons. The predicted octanol–water partition coefficient (Wildman–Crippen LogP) is 3.93. The lowest BCUT2D eigenvalue weighted by molar-refractivity contribution is 0.613. The van der Waals surface area contributed by atoms with Gasteiger partial charge in [0.2, 0.25) is 0 Å². The summed E-state index contributed by atoms with van der Waals surface area (Å²) in [5.41, 5.74) is -0.556. The maximum Gasteiger partial charge on any atom is 0.142 e. The fourth-order valence-electron chi connectivity index (χ4n) is 1.16. The Hall–Kier alpha value is -0.780. The van der Waals surface area contributed by atoms with Crippen LogP contribution in [0, 0.1) is 17.1 Å². The Labute approximate surface area is 92.1 Å². The number of benzene rings is 1. The Balaban J connectivity index is 3.49. The molecule has 0 amide bonds. The van der Waals surface area contributed by atoms with E-state index >= 15 is 0 Å². The van der Waals surface area contributed by atoms with Gasteiger partial charge in [0.15, 0.2) is 0 Å². The number of halogens is 3. The predicted molar refractivity (Wildman–Crippen MR) is 55.1 cm³/mol. The first kappa shape index (κ1) is 11.3. The third-order valence-electron chi connectivity index (χ3n) is 1.95. The molecular weight excluding hydrogens is 224 g/mol. The van der Waals surface area contributed by atoms with Crippen LogP contribution in [0.2, 0.25) is 10.0 Å². The smallest absolute Gasteiger partial charge is 0.142 e. The van der Waals surface area contributed by atoms with Crippen LogP contribution in [0.15, 0.2) is 12.1 Å². The first-order valence-corrected chi connectivity index (χ1v) is 4.71. The van der Waals surface area contributed by atoms with Crippen LogP contribution in [-0.4, -0.2) is 0 Å². The van der Waals surface area contributed by atoms with Crippen molar-refractivity contribution in [2.75, 3.05) is 0 Å². The first-order chi connectivity index (χ1) is 6.40. The molecule has 0 aliphatic carbocycles. The van der Waals surface area contributed by atoms with Crippen molar-refractivity contribution in [1.29, 1.82) is 5.26 Å². The average molecular weight is 232 g/mol. The van der Waals surface area contributed by atoms with Crippen LogP contribution < -0.4 is 0 Å². The normalized spacial score (nSPS) is 11.1. The van der Waals surface area contributed by atoms with Crippen LogP contribution in [0.25, 0.3) is 0 Å². The van der Waals surface area contributed by atoms with Crippen molar-refractivity contribution >= 4 is 23.2 Å². The topological polar surface area (TPSA) is 23.8 Å². The summed E-state index contributed by atoms with van der Waals surface area (Å²) in [5.74, 6) is -0.561. The number of nitriles is 1. The van der Waals surface area contributed by atoms with Crippen LogP contribution in [-0.2, 0) is 5.41 Å². The van der Waals surface area contributed by atoms with E-state index in [9.17, 15) is 4.39 Å². The lowest BCUT2D eigenvalue weighted by Gasteiger charge is -2.19. The highest BCUT2D eigenvalue weighted by Crippen LogP contribution is 2.36. The summed E-state index contributed by atoms with van der Waals surface area (Å²) >= 11 is 11.6. The van der Waals surface area contributed by atoms with Gasteiger partial charge in [0.1, 0.15) is 5.82 Å². The number of nitrogens with zero attached hydrogens (tertiary/aromatic N) is 1. The molecule has 0 aliphatic heterocycles. The Morgan fingerprint density at radius 2 is 1.93 bits per heavy atom. The quantitative estimate of drug-likeness (QED) is 0.673. The molecular formula is C10H8Cl2FN. The zero-order chi connectivity index (χ0) is 10.9. The van der Waals surface area contributed by atoms with Crippen molar-refractivity contribution in [1.82, 2.24) is 0 Å². The van der Waals surface area contributed by atoms with Gasteiger partial charge in [-0.2, -0.15) is 5.26 Å². The Bertz CT molecular complexity index is 407. The second-order valence-corrected chi connectivity index (χ2v) is 4.24. The molecule has 0 aliphatic rings. The lowest BCUT2D eigenvalue weighted by Crippen LogP contribution is -2.15. The molecule has 0 heterocycles. The zero-order valence-corrected chi connectivity index (χ0v) is 9.25. The number of hydrogen-bond acceptors (Lipinski definition) is 1. The van der Waals surface area contributed by atoms with Gasteiger partial charge in [-0.25, -0.2) is 4.39 Å². The van der Waals surface area contributed by atoms with Gasteiger partial charge in [-0.3, -0.25) is 0 Å². The van der Waals surface area contributed by atoms with Crippen molar-refractivity contribution in [3.8, 4) is 6.07 Å². The molecule has 0 bridgehead atoms. The summed E-state index contributed by atoms with van der Waals surface area (Å²) in [6.45, 7) is 3.28. The van der Waals surface area contributed by atoms with Crippen molar-refractivity contribution in [3.63, 3.8) is 0 Å². The van der Waals surface area contributed by atoms with E-state index in [0.29, 0.717) is 10.6 Å². The Kier molecular flexibility index (Phi) is 3.04. The molecule has 14 heavy (non-hydrogen) atoms. The van der Waals surface area contributed by atoms with Gasteiger partial charge in [0.25, 0.3) is 0 Å². The monoisotopic (exact) mass is 231 g/mol. The second-order valence-electron chi connectivity index (χ2n) is 3.45. The van der Waals surface area contributed by atoms with E-state index in [1.54, 1.807) is 13.8 Å².